The Balaban J connectivity index is 1.79. The number of esters is 1. The number of benzene rings is 1. The summed E-state index contributed by atoms with van der Waals surface area (Å²) in [4.78, 5) is 67.8. The van der Waals surface area contributed by atoms with Gasteiger partial charge >= 0.3 is 5.97 Å². The lowest BCUT2D eigenvalue weighted by Crippen LogP contribution is -2.72. The zero-order chi connectivity index (χ0) is 33.1. The van der Waals surface area contributed by atoms with E-state index in [0.717, 1.165) is 6.92 Å². The molecule has 0 aromatic heterocycles. The number of likely N-dealkylation sites (N-methyl/N-ethyl adjacent to an activating group) is 1. The van der Waals surface area contributed by atoms with Gasteiger partial charge in [-0.3, -0.25) is 29.0 Å². The third-order valence-electron chi connectivity index (χ3n) is 9.49. The number of allylic oxidation sites excluding steroid dienone is 2. The molecule has 3 heterocycles. The number of nitrogens with zero attached hydrogens (tertiary/aromatic N) is 3. The van der Waals surface area contributed by atoms with Crippen LogP contribution in [0.1, 0.15) is 48.6 Å². The van der Waals surface area contributed by atoms with Gasteiger partial charge in [-0.2, -0.15) is 5.26 Å². The molecular formula is C31H34N4O10. The minimum Gasteiger partial charge on any atom is -0.507 e. The summed E-state index contributed by atoms with van der Waals surface area (Å²) >= 11 is 0. The van der Waals surface area contributed by atoms with Gasteiger partial charge in [-0.25, -0.2) is 4.79 Å². The molecule has 1 aromatic rings. The van der Waals surface area contributed by atoms with Crippen LogP contribution in [0.5, 0.6) is 11.5 Å². The Hall–Kier alpha value is -4.42. The third-order valence-corrected chi connectivity index (χ3v) is 9.49. The van der Waals surface area contributed by atoms with E-state index in [2.05, 4.69) is 11.4 Å². The van der Waals surface area contributed by atoms with Gasteiger partial charge in [-0.15, -0.1) is 0 Å². The molecule has 0 saturated carbocycles. The molecule has 5 atom stereocenters. The molecule has 1 aromatic carbocycles. The van der Waals surface area contributed by atoms with Gasteiger partial charge in [0.15, 0.2) is 11.5 Å². The predicted molar refractivity (Wildman–Crippen MR) is 153 cm³/mol. The molecule has 14 heteroatoms. The molecule has 3 aliphatic heterocycles. The van der Waals surface area contributed by atoms with E-state index in [1.807, 2.05) is 4.90 Å². The van der Waals surface area contributed by atoms with E-state index in [1.165, 1.54) is 21.0 Å². The van der Waals surface area contributed by atoms with Crippen molar-refractivity contribution < 1.29 is 48.8 Å². The number of hydrogen-bond acceptors (Lipinski definition) is 13. The van der Waals surface area contributed by atoms with E-state index < -0.39 is 66.9 Å². The van der Waals surface area contributed by atoms with Gasteiger partial charge in [0.1, 0.15) is 24.1 Å². The number of rotatable bonds is 7. The van der Waals surface area contributed by atoms with E-state index in [9.17, 15) is 44.6 Å². The SMILES string of the molecule is COC1=C(C)C(=O)C2=C(C1=O)[C@H]1[C@@H]3Cc4c(OC(=O)CO)c(C)c(CO)c(O)c4[C@H](CNC(=O)C(C)=O)N3[C@@H](C#N)[C@@H](C2)N1C. The molecule has 0 unspecified atom stereocenters. The maximum Gasteiger partial charge on any atom is 0.337 e. The second-order valence-electron chi connectivity index (χ2n) is 11.6. The van der Waals surface area contributed by atoms with Crippen LogP contribution in [0.2, 0.25) is 0 Å². The normalized spacial score (nSPS) is 26.0. The zero-order valence-corrected chi connectivity index (χ0v) is 25.5. The number of carbonyl (C=O) groups excluding carboxylic acids is 5. The zero-order valence-electron chi connectivity index (χ0n) is 25.5. The van der Waals surface area contributed by atoms with E-state index >= 15 is 0 Å². The molecule has 14 nitrogen and oxygen atoms in total. The fourth-order valence-corrected chi connectivity index (χ4v) is 7.45. The van der Waals surface area contributed by atoms with Crippen LogP contribution in [0.15, 0.2) is 22.5 Å². The number of ether oxygens (including phenoxy) is 2. The second-order valence-corrected chi connectivity index (χ2v) is 11.6. The largest absolute Gasteiger partial charge is 0.507 e. The first-order valence-electron chi connectivity index (χ1n) is 14.4. The number of Topliss-reactive ketones (excluding diaryl/α,β-unsaturated/α-hetero) is 3. The summed E-state index contributed by atoms with van der Waals surface area (Å²) in [5, 5.41) is 44.4. The average molecular weight is 623 g/mol. The summed E-state index contributed by atoms with van der Waals surface area (Å²) < 4.78 is 10.9. The minimum atomic E-state index is -1.02. The standard InChI is InChI=1S/C31H34N4O10/c1-12-17(10-36)27(41)23-16(29(12)45-22(39)11-37)7-19-25-24-15(26(40)13(2)30(44-5)28(24)42)6-18(34(25)4)20(8-32)35(19)21(23)9-33-31(43)14(3)38/h18-21,25,36-37,41H,6-7,9-11H2,1-5H3,(H,33,43)/t18-,19+,20+,21+,25-/m1/s1. The number of aromatic hydroxyl groups is 1. The molecular weight excluding hydrogens is 588 g/mol. The number of ketones is 3. The fourth-order valence-electron chi connectivity index (χ4n) is 7.45. The lowest BCUT2D eigenvalue weighted by molar-refractivity contribution is -0.137. The third kappa shape index (κ3) is 4.74. The minimum absolute atomic E-state index is 0.0101. The van der Waals surface area contributed by atoms with Crippen LogP contribution in [0, 0.1) is 18.3 Å². The predicted octanol–water partition coefficient (Wildman–Crippen LogP) is -0.589. The molecule has 1 amide bonds. The van der Waals surface area contributed by atoms with Crippen molar-refractivity contribution in [3.8, 4) is 17.6 Å². The van der Waals surface area contributed by atoms with E-state index in [1.54, 1.807) is 11.9 Å². The summed E-state index contributed by atoms with van der Waals surface area (Å²) in [6, 6.07) is -1.75. The molecule has 0 spiro atoms. The summed E-state index contributed by atoms with van der Waals surface area (Å²) in [6.07, 6.45) is 0.0625. The molecule has 238 valence electrons. The van der Waals surface area contributed by atoms with Crippen LogP contribution >= 0.6 is 0 Å². The number of aliphatic hydroxyl groups is 2. The first-order valence-corrected chi connectivity index (χ1v) is 14.4. The first kappa shape index (κ1) is 32.0. The van der Waals surface area contributed by atoms with Crippen LogP contribution in [-0.4, -0.2) is 106 Å². The van der Waals surface area contributed by atoms with Crippen LogP contribution in [0.25, 0.3) is 0 Å². The highest BCUT2D eigenvalue weighted by Crippen LogP contribution is 2.53. The Kier molecular flexibility index (Phi) is 8.41. The highest BCUT2D eigenvalue weighted by atomic mass is 16.5. The monoisotopic (exact) mass is 622 g/mol. The van der Waals surface area contributed by atoms with Crippen LogP contribution < -0.4 is 10.1 Å². The first-order chi connectivity index (χ1) is 21.3. The van der Waals surface area contributed by atoms with Crippen molar-refractivity contribution in [1.29, 1.82) is 5.26 Å². The maximum absolute atomic E-state index is 13.9. The Morgan fingerprint density at radius 3 is 2.38 bits per heavy atom. The number of phenols is 1. The highest BCUT2D eigenvalue weighted by Gasteiger charge is 2.58. The second kappa shape index (κ2) is 11.8. The molecule has 0 radical (unpaired) electrons. The lowest BCUT2D eigenvalue weighted by Gasteiger charge is -2.60. The Bertz CT molecular complexity index is 1650. The number of aliphatic hydroxyl groups excluding tert-OH is 2. The number of methoxy groups -OCH3 is 1. The van der Waals surface area contributed by atoms with Gasteiger partial charge in [-0.1, -0.05) is 0 Å². The van der Waals surface area contributed by atoms with Crippen molar-refractivity contribution in [1.82, 2.24) is 15.1 Å². The van der Waals surface area contributed by atoms with E-state index in [0.29, 0.717) is 5.57 Å². The maximum atomic E-state index is 13.9. The molecule has 1 aliphatic carbocycles. The van der Waals surface area contributed by atoms with Crippen molar-refractivity contribution in [3.05, 3.63) is 44.7 Å². The number of fused-ring (bicyclic) bond motifs is 6. The quantitative estimate of drug-likeness (QED) is 0.130. The highest BCUT2D eigenvalue weighted by molar-refractivity contribution is 6.35. The topological polar surface area (TPSA) is 207 Å². The summed E-state index contributed by atoms with van der Waals surface area (Å²) in [6.45, 7) is 2.23. The van der Waals surface area contributed by atoms with Gasteiger partial charge in [0.25, 0.3) is 5.91 Å². The Morgan fingerprint density at radius 2 is 1.80 bits per heavy atom. The summed E-state index contributed by atoms with van der Waals surface area (Å²) in [5.74, 6) is -3.97. The smallest absolute Gasteiger partial charge is 0.337 e. The molecule has 5 rings (SSSR count). The number of nitriles is 1. The van der Waals surface area contributed by atoms with Crippen molar-refractivity contribution in [2.45, 2.75) is 70.4 Å². The van der Waals surface area contributed by atoms with E-state index in [-0.39, 0.29) is 75.8 Å². The van der Waals surface area contributed by atoms with Gasteiger partial charge in [-0.05, 0) is 33.7 Å². The molecule has 1 saturated heterocycles. The lowest BCUT2D eigenvalue weighted by atomic mass is 9.68. The number of piperazine rings is 1. The average Bonchev–Trinajstić information content (AvgIpc) is 3.00. The Labute approximate surface area is 258 Å². The van der Waals surface area contributed by atoms with Gasteiger partial charge in [0.05, 0.1) is 31.9 Å². The number of carbonyl (C=O) groups is 5. The summed E-state index contributed by atoms with van der Waals surface area (Å²) in [5.41, 5.74) is 1.37. The Morgan fingerprint density at radius 1 is 1.11 bits per heavy atom. The van der Waals surface area contributed by atoms with E-state index in [4.69, 9.17) is 9.47 Å². The van der Waals surface area contributed by atoms with Gasteiger partial charge in [0.2, 0.25) is 11.6 Å². The van der Waals surface area contributed by atoms with Crippen molar-refractivity contribution in [3.63, 3.8) is 0 Å². The number of amides is 1. The van der Waals surface area contributed by atoms with Gasteiger partial charge in [0, 0.05) is 64.5 Å². The van der Waals surface area contributed by atoms with Crippen LogP contribution in [-0.2, 0) is 41.7 Å². The fraction of sp³-hybridized carbons (Fsp3) is 0.484. The molecule has 1 fully saturated rings. The molecule has 2 bridgehead atoms. The summed E-state index contributed by atoms with van der Waals surface area (Å²) in [7, 11) is 3.06. The van der Waals surface area contributed by atoms with Crippen molar-refractivity contribution in [2.75, 3.05) is 27.3 Å². The van der Waals surface area contributed by atoms with Crippen molar-refractivity contribution in [2.24, 2.45) is 0 Å². The molecule has 4 aliphatic rings. The number of hydrogen-bond donors (Lipinski definition) is 4. The van der Waals surface area contributed by atoms with Crippen LogP contribution in [0.3, 0.4) is 0 Å². The van der Waals surface area contributed by atoms with Crippen molar-refractivity contribution >= 4 is 29.2 Å². The number of nitrogens with one attached hydrogen (secondary N) is 1. The molecule has 4 N–H and O–H groups in total. The van der Waals surface area contributed by atoms with Gasteiger partial charge < -0.3 is 30.1 Å². The molecule has 45 heavy (non-hydrogen) atoms. The van der Waals surface area contributed by atoms with Crippen LogP contribution in [0.4, 0.5) is 0 Å².